The minimum atomic E-state index is -0.644. The normalized spacial score (nSPS) is 18.4. The fourth-order valence-corrected chi connectivity index (χ4v) is 2.68. The van der Waals surface area contributed by atoms with Crippen LogP contribution in [-0.4, -0.2) is 35.9 Å². The van der Waals surface area contributed by atoms with Gasteiger partial charge in [-0.3, -0.25) is 0 Å². The van der Waals surface area contributed by atoms with Crippen LogP contribution in [0.25, 0.3) is 11.1 Å². The molecule has 2 N–H and O–H groups in total. The van der Waals surface area contributed by atoms with Crippen molar-refractivity contribution in [1.29, 1.82) is 0 Å². The molecule has 2 atom stereocenters. The Morgan fingerprint density at radius 3 is 2.43 bits per heavy atom. The number of anilines is 1. The van der Waals surface area contributed by atoms with Gasteiger partial charge in [-0.1, -0.05) is 36.4 Å². The van der Waals surface area contributed by atoms with Gasteiger partial charge in [0.1, 0.15) is 11.4 Å². The van der Waals surface area contributed by atoms with E-state index >= 15 is 0 Å². The van der Waals surface area contributed by atoms with E-state index < -0.39 is 18.6 Å². The van der Waals surface area contributed by atoms with Crippen molar-refractivity contribution >= 4 is 11.8 Å². The number of hydrogen-bond acceptors (Lipinski definition) is 6. The van der Waals surface area contributed by atoms with E-state index in [4.69, 9.17) is 14.2 Å². The van der Waals surface area contributed by atoms with Gasteiger partial charge < -0.3 is 19.3 Å². The summed E-state index contributed by atoms with van der Waals surface area (Å²) in [5.41, 5.74) is 5.02. The number of hydrogen-bond donors (Lipinski definition) is 2. The lowest BCUT2D eigenvalue weighted by Crippen LogP contribution is -2.46. The highest BCUT2D eigenvalue weighted by Crippen LogP contribution is 2.34. The van der Waals surface area contributed by atoms with Gasteiger partial charge in [0.25, 0.3) is 0 Å². The van der Waals surface area contributed by atoms with Crippen molar-refractivity contribution in [2.75, 3.05) is 5.01 Å². The number of aromatic hydroxyl groups is 1. The number of benzene rings is 2. The van der Waals surface area contributed by atoms with E-state index in [1.54, 1.807) is 32.0 Å². The predicted molar refractivity (Wildman–Crippen MR) is 106 cm³/mol. The number of rotatable bonds is 7. The molecule has 1 aliphatic heterocycles. The van der Waals surface area contributed by atoms with E-state index in [1.165, 1.54) is 0 Å². The van der Waals surface area contributed by atoms with E-state index in [1.807, 2.05) is 44.2 Å². The molecule has 1 saturated heterocycles. The SMILES string of the molecule is CC(C)OC(=O)N(NC1OC1OC(C)C)c1cc(-c2ccccc2)ccc1O. The van der Waals surface area contributed by atoms with Gasteiger partial charge in [0.15, 0.2) is 6.23 Å². The lowest BCUT2D eigenvalue weighted by atomic mass is 10.0. The molecule has 7 nitrogen and oxygen atoms in total. The smallest absolute Gasteiger partial charge is 0.429 e. The number of amides is 1. The maximum Gasteiger partial charge on any atom is 0.429 e. The fourth-order valence-electron chi connectivity index (χ4n) is 2.68. The minimum absolute atomic E-state index is 0.0114. The molecule has 150 valence electrons. The molecule has 28 heavy (non-hydrogen) atoms. The Kier molecular flexibility index (Phi) is 6.18. The van der Waals surface area contributed by atoms with Crippen molar-refractivity contribution in [3.8, 4) is 16.9 Å². The molecule has 0 radical (unpaired) electrons. The van der Waals surface area contributed by atoms with E-state index in [9.17, 15) is 9.90 Å². The largest absolute Gasteiger partial charge is 0.506 e. The average molecular weight is 386 g/mol. The topological polar surface area (TPSA) is 83.6 Å². The van der Waals surface area contributed by atoms with Gasteiger partial charge in [-0.15, -0.1) is 0 Å². The summed E-state index contributed by atoms with van der Waals surface area (Å²) in [6, 6.07) is 14.8. The Labute approximate surface area is 164 Å². The van der Waals surface area contributed by atoms with Gasteiger partial charge in [0.2, 0.25) is 6.29 Å². The highest BCUT2D eigenvalue weighted by molar-refractivity contribution is 5.90. The van der Waals surface area contributed by atoms with Crippen LogP contribution in [0.5, 0.6) is 5.75 Å². The van der Waals surface area contributed by atoms with E-state index in [0.717, 1.165) is 16.1 Å². The zero-order valence-corrected chi connectivity index (χ0v) is 16.5. The van der Waals surface area contributed by atoms with Crippen LogP contribution in [-0.2, 0) is 14.2 Å². The van der Waals surface area contributed by atoms with Crippen LogP contribution < -0.4 is 10.4 Å². The van der Waals surface area contributed by atoms with Crippen LogP contribution in [0.1, 0.15) is 27.7 Å². The number of carbonyl (C=O) groups is 1. The Morgan fingerprint density at radius 1 is 1.07 bits per heavy atom. The van der Waals surface area contributed by atoms with E-state index in [2.05, 4.69) is 5.43 Å². The number of epoxide rings is 1. The monoisotopic (exact) mass is 386 g/mol. The summed E-state index contributed by atoms with van der Waals surface area (Å²) in [6.07, 6.45) is -1.95. The third kappa shape index (κ3) is 5.01. The lowest BCUT2D eigenvalue weighted by molar-refractivity contribution is 0.00795. The molecule has 7 heteroatoms. The molecule has 2 aromatic carbocycles. The highest BCUT2D eigenvalue weighted by Gasteiger charge is 2.43. The molecule has 0 saturated carbocycles. The summed E-state index contributed by atoms with van der Waals surface area (Å²) >= 11 is 0. The third-order valence-corrected chi connectivity index (χ3v) is 3.96. The van der Waals surface area contributed by atoms with Gasteiger partial charge >= 0.3 is 6.09 Å². The zero-order valence-electron chi connectivity index (χ0n) is 16.5. The van der Waals surface area contributed by atoms with Crippen LogP contribution >= 0.6 is 0 Å². The zero-order chi connectivity index (χ0) is 20.3. The summed E-state index contributed by atoms with van der Waals surface area (Å²) in [6.45, 7) is 7.32. The second-order valence-corrected chi connectivity index (χ2v) is 7.08. The maximum absolute atomic E-state index is 12.7. The number of hydrazine groups is 1. The summed E-state index contributed by atoms with van der Waals surface area (Å²) in [5, 5.41) is 11.6. The molecule has 0 aromatic heterocycles. The van der Waals surface area contributed by atoms with E-state index in [0.29, 0.717) is 0 Å². The quantitative estimate of drug-likeness (QED) is 0.552. The van der Waals surface area contributed by atoms with Crippen LogP contribution in [0.15, 0.2) is 48.5 Å². The average Bonchev–Trinajstić information content (AvgIpc) is 3.37. The van der Waals surface area contributed by atoms with Crippen molar-refractivity contribution in [3.63, 3.8) is 0 Å². The molecule has 1 fully saturated rings. The van der Waals surface area contributed by atoms with Gasteiger partial charge in [-0.2, -0.15) is 5.43 Å². The standard InChI is InChI=1S/C21H26N2O5/c1-13(2)26-20-19(28-20)22-23(21(25)27-14(3)4)17-12-16(10-11-18(17)24)15-8-6-5-7-9-15/h5-14,19-20,22,24H,1-4H3. The molecule has 2 aromatic rings. The van der Waals surface area contributed by atoms with Crippen molar-refractivity contribution in [2.24, 2.45) is 0 Å². The second-order valence-electron chi connectivity index (χ2n) is 7.08. The van der Waals surface area contributed by atoms with Gasteiger partial charge in [0, 0.05) is 0 Å². The van der Waals surface area contributed by atoms with Crippen molar-refractivity contribution < 1.29 is 24.1 Å². The molecule has 0 spiro atoms. The maximum atomic E-state index is 12.7. The number of phenolic OH excluding ortho intramolecular Hbond substituents is 1. The van der Waals surface area contributed by atoms with Crippen LogP contribution in [0.3, 0.4) is 0 Å². The molecular weight excluding hydrogens is 360 g/mol. The Hall–Kier alpha value is -2.61. The first-order valence-corrected chi connectivity index (χ1v) is 9.31. The first-order chi connectivity index (χ1) is 13.3. The molecule has 1 heterocycles. The van der Waals surface area contributed by atoms with Crippen LogP contribution in [0.2, 0.25) is 0 Å². The molecular formula is C21H26N2O5. The van der Waals surface area contributed by atoms with Crippen LogP contribution in [0.4, 0.5) is 10.5 Å². The predicted octanol–water partition coefficient (Wildman–Crippen LogP) is 4.02. The molecule has 1 amide bonds. The summed E-state index contributed by atoms with van der Waals surface area (Å²) in [5.74, 6) is -0.0603. The molecule has 0 bridgehead atoms. The fraction of sp³-hybridized carbons (Fsp3) is 0.381. The Morgan fingerprint density at radius 2 is 1.79 bits per heavy atom. The Balaban J connectivity index is 1.88. The molecule has 1 aliphatic rings. The van der Waals surface area contributed by atoms with Crippen molar-refractivity contribution in [3.05, 3.63) is 48.5 Å². The Bertz CT molecular complexity index is 810. The number of nitrogens with one attached hydrogen (secondary N) is 1. The minimum Gasteiger partial charge on any atom is -0.506 e. The summed E-state index contributed by atoms with van der Waals surface area (Å²) in [7, 11) is 0. The number of nitrogens with zero attached hydrogens (tertiary/aromatic N) is 1. The van der Waals surface area contributed by atoms with Crippen molar-refractivity contribution in [1.82, 2.24) is 5.43 Å². The summed E-state index contributed by atoms with van der Waals surface area (Å²) in [4.78, 5) is 12.7. The molecule has 3 rings (SSSR count). The van der Waals surface area contributed by atoms with Gasteiger partial charge in [0.05, 0.1) is 12.2 Å². The van der Waals surface area contributed by atoms with Gasteiger partial charge in [-0.25, -0.2) is 9.80 Å². The van der Waals surface area contributed by atoms with Crippen molar-refractivity contribution in [2.45, 2.75) is 52.4 Å². The summed E-state index contributed by atoms with van der Waals surface area (Å²) < 4.78 is 16.3. The second kappa shape index (κ2) is 8.60. The third-order valence-electron chi connectivity index (χ3n) is 3.96. The first-order valence-electron chi connectivity index (χ1n) is 9.31. The van der Waals surface area contributed by atoms with Crippen LogP contribution in [0, 0.1) is 0 Å². The van der Waals surface area contributed by atoms with E-state index in [-0.39, 0.29) is 23.6 Å². The first kappa shape index (κ1) is 20.1. The number of carbonyl (C=O) groups excluding carboxylic acids is 1. The molecule has 2 unspecified atom stereocenters. The lowest BCUT2D eigenvalue weighted by Gasteiger charge is -2.24. The number of ether oxygens (including phenoxy) is 3. The van der Waals surface area contributed by atoms with Gasteiger partial charge in [-0.05, 0) is 51.0 Å². The number of phenols is 1. The molecule has 0 aliphatic carbocycles. The highest BCUT2D eigenvalue weighted by atomic mass is 16.8.